The van der Waals surface area contributed by atoms with Crippen molar-refractivity contribution in [3.05, 3.63) is 39.4 Å². The normalized spacial score (nSPS) is 23.4. The maximum Gasteiger partial charge on any atom is 0.223 e. The van der Waals surface area contributed by atoms with Gasteiger partial charge < -0.3 is 15.0 Å². The van der Waals surface area contributed by atoms with Crippen molar-refractivity contribution in [2.75, 3.05) is 19.6 Å². The van der Waals surface area contributed by atoms with Crippen molar-refractivity contribution in [1.82, 2.24) is 25.2 Å². The summed E-state index contributed by atoms with van der Waals surface area (Å²) in [5, 5.41) is 12.3. The second-order valence-electron chi connectivity index (χ2n) is 9.37. The van der Waals surface area contributed by atoms with Crippen molar-refractivity contribution in [3.63, 3.8) is 0 Å². The van der Waals surface area contributed by atoms with Gasteiger partial charge in [-0.3, -0.25) is 4.79 Å². The molecular weight excluding hydrogens is 421 g/mol. The number of carbonyl (C=O) groups excluding carboxylic acids is 1. The smallest absolute Gasteiger partial charge is 0.223 e. The van der Waals surface area contributed by atoms with Crippen LogP contribution in [0.3, 0.4) is 0 Å². The topological polar surface area (TPSA) is 72.3 Å². The van der Waals surface area contributed by atoms with Crippen LogP contribution in [0.15, 0.2) is 6.07 Å². The molecule has 1 aromatic heterocycles. The summed E-state index contributed by atoms with van der Waals surface area (Å²) >= 11 is 6.43. The van der Waals surface area contributed by atoms with Crippen LogP contribution < -0.4 is 10.1 Å². The van der Waals surface area contributed by atoms with Crippen molar-refractivity contribution in [2.45, 2.75) is 57.7 Å². The summed E-state index contributed by atoms with van der Waals surface area (Å²) < 4.78 is 23.0. The number of nitrogens with zero attached hydrogens (tertiary/aromatic N) is 4. The van der Waals surface area contributed by atoms with E-state index >= 15 is 4.39 Å². The van der Waals surface area contributed by atoms with E-state index in [4.69, 9.17) is 16.3 Å². The highest BCUT2D eigenvalue weighted by atomic mass is 35.5. The van der Waals surface area contributed by atoms with Gasteiger partial charge in [0.25, 0.3) is 0 Å². The second-order valence-corrected chi connectivity index (χ2v) is 9.77. The van der Waals surface area contributed by atoms with Gasteiger partial charge >= 0.3 is 0 Å². The predicted octanol–water partition coefficient (Wildman–Crippen LogP) is 2.80. The lowest BCUT2D eigenvalue weighted by Gasteiger charge is -2.32. The monoisotopic (exact) mass is 445 g/mol. The molecule has 4 heterocycles. The fraction of sp³-hybridized carbons (Fsp3) is 0.591. The van der Waals surface area contributed by atoms with Gasteiger partial charge in [-0.1, -0.05) is 16.8 Å². The lowest BCUT2D eigenvalue weighted by atomic mass is 9.92. The molecule has 4 aliphatic rings. The first-order valence-corrected chi connectivity index (χ1v) is 11.5. The Kier molecular flexibility index (Phi) is 4.51. The Morgan fingerprint density at radius 2 is 2.23 bits per heavy atom. The van der Waals surface area contributed by atoms with Crippen LogP contribution >= 0.6 is 11.6 Å². The number of likely N-dealkylation sites (tertiary alicyclic amines) is 1. The van der Waals surface area contributed by atoms with Gasteiger partial charge in [0.05, 0.1) is 11.7 Å². The second kappa shape index (κ2) is 7.17. The van der Waals surface area contributed by atoms with Crippen LogP contribution in [0.4, 0.5) is 4.39 Å². The number of rotatable bonds is 5. The minimum absolute atomic E-state index is 0.165. The molecule has 1 aromatic carbocycles. The Hall–Kier alpha value is -2.19. The number of benzene rings is 1. The van der Waals surface area contributed by atoms with Crippen molar-refractivity contribution < 1.29 is 13.9 Å². The van der Waals surface area contributed by atoms with E-state index in [9.17, 15) is 4.79 Å². The quantitative estimate of drug-likeness (QED) is 0.766. The van der Waals surface area contributed by atoms with Crippen molar-refractivity contribution in [1.29, 1.82) is 0 Å². The van der Waals surface area contributed by atoms with E-state index in [1.165, 1.54) is 6.07 Å². The minimum Gasteiger partial charge on any atom is -0.484 e. The highest BCUT2D eigenvalue weighted by Gasteiger charge is 2.52. The summed E-state index contributed by atoms with van der Waals surface area (Å²) in [5.41, 5.74) is 3.66. The van der Waals surface area contributed by atoms with Crippen molar-refractivity contribution >= 4 is 17.5 Å². The third-order valence-electron chi connectivity index (χ3n) is 7.26. The molecule has 2 aromatic rings. The molecule has 0 unspecified atom stereocenters. The summed E-state index contributed by atoms with van der Waals surface area (Å²) in [4.78, 5) is 14.5. The third kappa shape index (κ3) is 3.31. The first-order valence-electron chi connectivity index (χ1n) is 11.1. The Balaban J connectivity index is 1.30. The van der Waals surface area contributed by atoms with E-state index in [-0.39, 0.29) is 29.7 Å². The van der Waals surface area contributed by atoms with Crippen LogP contribution in [0.5, 0.6) is 5.75 Å². The molecule has 1 N–H and O–H groups in total. The van der Waals surface area contributed by atoms with Crippen LogP contribution in [-0.4, -0.2) is 45.4 Å². The van der Waals surface area contributed by atoms with E-state index in [0.717, 1.165) is 67.8 Å². The van der Waals surface area contributed by atoms with Gasteiger partial charge in [0.1, 0.15) is 12.3 Å². The fourth-order valence-electron chi connectivity index (χ4n) is 5.41. The SMILES string of the molecule is O=C1CC2(CC2)CN1C[C@H]1NCCc2c(Cl)cc(F)c(OCc3nnn4c3CCC4)c21. The largest absolute Gasteiger partial charge is 0.484 e. The number of aryl methyl sites for hydroxylation is 1. The fourth-order valence-corrected chi connectivity index (χ4v) is 5.70. The zero-order chi connectivity index (χ0) is 21.2. The average Bonchev–Trinajstić information content (AvgIpc) is 3.06. The Labute approximate surface area is 184 Å². The Morgan fingerprint density at radius 3 is 3.03 bits per heavy atom. The summed E-state index contributed by atoms with van der Waals surface area (Å²) in [6, 6.07) is 1.13. The molecule has 1 saturated heterocycles. The molecule has 0 radical (unpaired) electrons. The Bertz CT molecular complexity index is 1070. The Morgan fingerprint density at radius 1 is 1.35 bits per heavy atom. The molecule has 3 aliphatic heterocycles. The van der Waals surface area contributed by atoms with Crippen molar-refractivity contribution in [2.24, 2.45) is 5.41 Å². The number of hydrogen-bond acceptors (Lipinski definition) is 5. The summed E-state index contributed by atoms with van der Waals surface area (Å²) in [5.74, 6) is -0.0761. The van der Waals surface area contributed by atoms with E-state index < -0.39 is 5.82 Å². The van der Waals surface area contributed by atoms with Gasteiger partial charge in [0, 0.05) is 36.6 Å². The highest BCUT2D eigenvalue weighted by molar-refractivity contribution is 6.31. The van der Waals surface area contributed by atoms with Gasteiger partial charge in [-0.05, 0) is 55.7 Å². The number of nitrogens with one attached hydrogen (secondary N) is 1. The molecule has 0 bridgehead atoms. The zero-order valence-corrected chi connectivity index (χ0v) is 18.1. The lowest BCUT2D eigenvalue weighted by molar-refractivity contribution is -0.128. The number of amides is 1. The zero-order valence-electron chi connectivity index (χ0n) is 17.3. The van der Waals surface area contributed by atoms with E-state index in [1.807, 2.05) is 9.58 Å². The molecule has 1 aliphatic carbocycles. The molecule has 9 heteroatoms. The van der Waals surface area contributed by atoms with Gasteiger partial charge in [0.15, 0.2) is 11.6 Å². The average molecular weight is 446 g/mol. The van der Waals surface area contributed by atoms with Gasteiger partial charge in [-0.2, -0.15) is 0 Å². The summed E-state index contributed by atoms with van der Waals surface area (Å²) in [6.07, 6.45) is 5.54. The van der Waals surface area contributed by atoms with Crippen molar-refractivity contribution in [3.8, 4) is 5.75 Å². The molecule has 6 rings (SSSR count). The van der Waals surface area contributed by atoms with Gasteiger partial charge in [-0.15, -0.1) is 5.10 Å². The van der Waals surface area contributed by atoms with Crippen LogP contribution in [0, 0.1) is 11.2 Å². The highest BCUT2D eigenvalue weighted by Crippen LogP contribution is 2.53. The number of carbonyl (C=O) groups is 1. The number of hydrogen-bond donors (Lipinski definition) is 1. The molecule has 2 fully saturated rings. The molecular formula is C22H25ClFN5O2. The number of ether oxygens (including phenoxy) is 1. The molecule has 1 spiro atoms. The third-order valence-corrected chi connectivity index (χ3v) is 7.60. The molecule has 1 saturated carbocycles. The first kappa shape index (κ1) is 19.5. The first-order chi connectivity index (χ1) is 15.0. The van der Waals surface area contributed by atoms with Gasteiger partial charge in [0.2, 0.25) is 5.91 Å². The van der Waals surface area contributed by atoms with E-state index in [2.05, 4.69) is 15.6 Å². The molecule has 7 nitrogen and oxygen atoms in total. The van der Waals surface area contributed by atoms with Crippen LogP contribution in [0.1, 0.15) is 54.2 Å². The maximum absolute atomic E-state index is 15.1. The number of fused-ring (bicyclic) bond motifs is 2. The van der Waals surface area contributed by atoms with Crippen LogP contribution in [-0.2, 0) is 30.8 Å². The predicted molar refractivity (Wildman–Crippen MR) is 111 cm³/mol. The number of halogens is 2. The molecule has 1 amide bonds. The van der Waals surface area contributed by atoms with Gasteiger partial charge in [-0.25, -0.2) is 9.07 Å². The maximum atomic E-state index is 15.1. The molecule has 1 atom stereocenters. The van der Waals surface area contributed by atoms with Crippen LogP contribution in [0.25, 0.3) is 0 Å². The van der Waals surface area contributed by atoms with E-state index in [0.29, 0.717) is 24.4 Å². The molecule has 164 valence electrons. The lowest BCUT2D eigenvalue weighted by Crippen LogP contribution is -2.40. The molecule has 31 heavy (non-hydrogen) atoms. The van der Waals surface area contributed by atoms with Crippen LogP contribution in [0.2, 0.25) is 5.02 Å². The minimum atomic E-state index is -0.479. The standard InChI is InChI=1S/C22H25ClFN5O2/c23-14-8-15(24)21(31-11-17-18-2-1-7-29(18)27-26-17)20-13(14)3-6-25-16(20)10-28-12-22(4-5-22)9-19(28)30/h8,16,25H,1-7,9-12H2/t16-/m1/s1. The number of aromatic nitrogens is 3. The summed E-state index contributed by atoms with van der Waals surface area (Å²) in [7, 11) is 0. The summed E-state index contributed by atoms with van der Waals surface area (Å²) in [6.45, 7) is 3.06. The van der Waals surface area contributed by atoms with E-state index in [1.54, 1.807) is 0 Å².